The van der Waals surface area contributed by atoms with E-state index in [1.165, 1.54) is 0 Å². The first-order valence-electron chi connectivity index (χ1n) is 12.8. The monoisotopic (exact) mass is 528 g/mol. The van der Waals surface area contributed by atoms with Gasteiger partial charge in [-0.05, 0) is 30.4 Å². The van der Waals surface area contributed by atoms with Crippen molar-refractivity contribution in [2.75, 3.05) is 58.0 Å². The predicted molar refractivity (Wildman–Crippen MR) is 142 cm³/mol. The van der Waals surface area contributed by atoms with Crippen LogP contribution in [0.25, 0.3) is 10.9 Å². The standard InChI is InChI=1S/C26H32N6O4.ClH/c1-34-19-12-20(17-2-3-17)24-22(13-19)29-26(30-25(24)33)32-5-4-21-18(15-32)14-27-23(28-21)16-36-11-8-31-6-9-35-10-7-31;/h12-14,17H,2-11,15-16H2,1H3,(H,29,30,33);1H. The number of hydrogen-bond donors (Lipinski definition) is 1. The molecule has 1 N–H and O–H groups in total. The zero-order valence-corrected chi connectivity index (χ0v) is 21.9. The van der Waals surface area contributed by atoms with Crippen molar-refractivity contribution in [3.63, 3.8) is 0 Å². The number of fused-ring (bicyclic) bond motifs is 2. The Labute approximate surface area is 221 Å². The molecule has 4 heterocycles. The average Bonchev–Trinajstić information content (AvgIpc) is 3.76. The highest BCUT2D eigenvalue weighted by molar-refractivity contribution is 5.85. The molecule has 0 atom stereocenters. The molecule has 2 aromatic heterocycles. The second kappa shape index (κ2) is 11.3. The molecule has 1 saturated carbocycles. The van der Waals surface area contributed by atoms with Crippen LogP contribution in [0.3, 0.4) is 0 Å². The zero-order valence-electron chi connectivity index (χ0n) is 21.1. The molecule has 10 nitrogen and oxygen atoms in total. The molecule has 2 aliphatic heterocycles. The van der Waals surface area contributed by atoms with Crippen LogP contribution >= 0.6 is 12.4 Å². The van der Waals surface area contributed by atoms with Gasteiger partial charge in [0.2, 0.25) is 5.95 Å². The van der Waals surface area contributed by atoms with E-state index in [2.05, 4.69) is 19.8 Å². The molecule has 0 unspecified atom stereocenters. The molecule has 3 aliphatic rings. The van der Waals surface area contributed by atoms with Crippen LogP contribution in [0.5, 0.6) is 5.75 Å². The number of aromatic nitrogens is 4. The molecule has 1 aromatic carbocycles. The lowest BCUT2D eigenvalue weighted by Crippen LogP contribution is -2.38. The molecule has 0 amide bonds. The van der Waals surface area contributed by atoms with Gasteiger partial charge in [0.15, 0.2) is 5.82 Å². The first kappa shape index (κ1) is 25.8. The minimum absolute atomic E-state index is 0. The van der Waals surface area contributed by atoms with E-state index in [-0.39, 0.29) is 18.0 Å². The van der Waals surface area contributed by atoms with Crippen molar-refractivity contribution < 1.29 is 14.2 Å². The fraction of sp³-hybridized carbons (Fsp3) is 0.538. The summed E-state index contributed by atoms with van der Waals surface area (Å²) in [6.07, 6.45) is 4.84. The number of morpholine rings is 1. The highest BCUT2D eigenvalue weighted by Crippen LogP contribution is 2.43. The number of methoxy groups -OCH3 is 1. The topological polar surface area (TPSA) is 106 Å². The lowest BCUT2D eigenvalue weighted by atomic mass is 10.0. The summed E-state index contributed by atoms with van der Waals surface area (Å²) < 4.78 is 16.7. The summed E-state index contributed by atoms with van der Waals surface area (Å²) in [7, 11) is 1.65. The van der Waals surface area contributed by atoms with Gasteiger partial charge in [-0.2, -0.15) is 0 Å². The van der Waals surface area contributed by atoms with Crippen LogP contribution in [0.1, 0.15) is 41.4 Å². The Morgan fingerprint density at radius 1 is 1.16 bits per heavy atom. The fourth-order valence-electron chi connectivity index (χ4n) is 5.04. The Balaban J connectivity index is 0.00000280. The van der Waals surface area contributed by atoms with Crippen LogP contribution in [-0.2, 0) is 29.0 Å². The number of aromatic amines is 1. The predicted octanol–water partition coefficient (Wildman–Crippen LogP) is 2.43. The number of hydrogen-bond acceptors (Lipinski definition) is 9. The van der Waals surface area contributed by atoms with E-state index >= 15 is 0 Å². The second-order valence-corrected chi connectivity index (χ2v) is 9.71. The van der Waals surface area contributed by atoms with Gasteiger partial charge in [0.05, 0.1) is 43.5 Å². The minimum Gasteiger partial charge on any atom is -0.497 e. The van der Waals surface area contributed by atoms with Crippen molar-refractivity contribution in [3.8, 4) is 5.75 Å². The number of nitrogens with one attached hydrogen (secondary N) is 1. The summed E-state index contributed by atoms with van der Waals surface area (Å²) in [6, 6.07) is 3.83. The summed E-state index contributed by atoms with van der Waals surface area (Å²) >= 11 is 0. The maximum Gasteiger partial charge on any atom is 0.260 e. The highest BCUT2D eigenvalue weighted by Gasteiger charge is 2.28. The summed E-state index contributed by atoms with van der Waals surface area (Å²) in [6.45, 7) is 6.79. The van der Waals surface area contributed by atoms with Gasteiger partial charge in [-0.15, -0.1) is 12.4 Å². The Bertz CT molecular complexity index is 1310. The zero-order chi connectivity index (χ0) is 24.5. The molecule has 11 heteroatoms. The third-order valence-electron chi connectivity index (χ3n) is 7.22. The Kier molecular flexibility index (Phi) is 7.89. The van der Waals surface area contributed by atoms with E-state index in [4.69, 9.17) is 24.2 Å². The van der Waals surface area contributed by atoms with Crippen LogP contribution in [0.2, 0.25) is 0 Å². The molecule has 3 aromatic rings. The van der Waals surface area contributed by atoms with E-state index in [1.807, 2.05) is 18.3 Å². The van der Waals surface area contributed by atoms with Gasteiger partial charge in [0, 0.05) is 57.0 Å². The van der Waals surface area contributed by atoms with Crippen LogP contribution in [0.4, 0.5) is 5.95 Å². The van der Waals surface area contributed by atoms with Gasteiger partial charge in [-0.25, -0.2) is 15.0 Å². The van der Waals surface area contributed by atoms with E-state index in [1.54, 1.807) is 7.11 Å². The molecule has 37 heavy (non-hydrogen) atoms. The fourth-order valence-corrected chi connectivity index (χ4v) is 5.04. The lowest BCUT2D eigenvalue weighted by Gasteiger charge is -2.28. The SMILES string of the molecule is COc1cc(C2CC2)c2c(=O)[nH]c(N3CCc4nc(COCCN5CCOCC5)ncc4C3)nc2c1.Cl. The summed E-state index contributed by atoms with van der Waals surface area (Å²) in [5, 5.41) is 0.682. The number of nitrogens with zero attached hydrogens (tertiary/aromatic N) is 5. The van der Waals surface area contributed by atoms with E-state index in [9.17, 15) is 4.79 Å². The highest BCUT2D eigenvalue weighted by atomic mass is 35.5. The summed E-state index contributed by atoms with van der Waals surface area (Å²) in [5.41, 5.74) is 3.72. The van der Waals surface area contributed by atoms with Crippen molar-refractivity contribution in [3.05, 3.63) is 51.3 Å². The van der Waals surface area contributed by atoms with Crippen molar-refractivity contribution in [1.29, 1.82) is 0 Å². The molecular formula is C26H33ClN6O4. The van der Waals surface area contributed by atoms with Gasteiger partial charge in [-0.3, -0.25) is 14.7 Å². The van der Waals surface area contributed by atoms with Crippen LogP contribution in [0, 0.1) is 0 Å². The minimum atomic E-state index is -0.0915. The van der Waals surface area contributed by atoms with E-state index in [0.717, 1.165) is 81.2 Å². The average molecular weight is 529 g/mol. The van der Waals surface area contributed by atoms with Gasteiger partial charge in [0.1, 0.15) is 12.4 Å². The molecule has 2 fully saturated rings. The third-order valence-corrected chi connectivity index (χ3v) is 7.22. The largest absolute Gasteiger partial charge is 0.497 e. The van der Waals surface area contributed by atoms with Crippen molar-refractivity contribution in [1.82, 2.24) is 24.8 Å². The molecule has 198 valence electrons. The van der Waals surface area contributed by atoms with Gasteiger partial charge in [0.25, 0.3) is 5.56 Å². The number of halogens is 1. The van der Waals surface area contributed by atoms with Crippen LogP contribution in [-0.4, -0.2) is 77.9 Å². The summed E-state index contributed by atoms with van der Waals surface area (Å²) in [4.78, 5) is 34.7. The van der Waals surface area contributed by atoms with Gasteiger partial charge in [-0.1, -0.05) is 0 Å². The lowest BCUT2D eigenvalue weighted by molar-refractivity contribution is 0.0172. The van der Waals surface area contributed by atoms with E-state index in [0.29, 0.717) is 48.4 Å². The molecule has 1 aliphatic carbocycles. The third kappa shape index (κ3) is 5.72. The normalized spacial score (nSPS) is 17.9. The number of anilines is 1. The Hall–Kier alpha value is -2.79. The van der Waals surface area contributed by atoms with Crippen LogP contribution in [0.15, 0.2) is 23.1 Å². The smallest absolute Gasteiger partial charge is 0.260 e. The number of H-pyrrole nitrogens is 1. The quantitative estimate of drug-likeness (QED) is 0.441. The first-order valence-corrected chi connectivity index (χ1v) is 12.8. The van der Waals surface area contributed by atoms with Crippen molar-refractivity contribution >= 4 is 29.3 Å². The molecule has 0 spiro atoms. The maximum absolute atomic E-state index is 13.1. The molecule has 0 bridgehead atoms. The summed E-state index contributed by atoms with van der Waals surface area (Å²) in [5.74, 6) is 2.45. The molecule has 6 rings (SSSR count). The van der Waals surface area contributed by atoms with Gasteiger partial charge < -0.3 is 19.1 Å². The Morgan fingerprint density at radius 3 is 2.78 bits per heavy atom. The van der Waals surface area contributed by atoms with E-state index < -0.39 is 0 Å². The number of benzene rings is 1. The number of ether oxygens (including phenoxy) is 3. The van der Waals surface area contributed by atoms with Gasteiger partial charge >= 0.3 is 0 Å². The Morgan fingerprint density at radius 2 is 2.00 bits per heavy atom. The number of rotatable bonds is 8. The first-order chi connectivity index (χ1) is 17.7. The van der Waals surface area contributed by atoms with Crippen LogP contribution < -0.4 is 15.2 Å². The maximum atomic E-state index is 13.1. The molecule has 1 saturated heterocycles. The molecule has 0 radical (unpaired) electrons. The van der Waals surface area contributed by atoms with Crippen molar-refractivity contribution in [2.24, 2.45) is 0 Å². The van der Waals surface area contributed by atoms with Crippen molar-refractivity contribution in [2.45, 2.75) is 38.3 Å². The molecular weight excluding hydrogens is 496 g/mol. The second-order valence-electron chi connectivity index (χ2n) is 9.71.